The van der Waals surface area contributed by atoms with Gasteiger partial charge in [-0.15, -0.1) is 5.10 Å². The Morgan fingerprint density at radius 3 is 3.08 bits per heavy atom. The molecule has 0 unspecified atom stereocenters. The maximum Gasteiger partial charge on any atom is 0.272 e. The fourth-order valence-electron chi connectivity index (χ4n) is 0.776. The Morgan fingerprint density at radius 1 is 1.62 bits per heavy atom. The minimum Gasteiger partial charge on any atom is -0.351 e. The van der Waals surface area contributed by atoms with Gasteiger partial charge in [0.25, 0.3) is 5.91 Å². The van der Waals surface area contributed by atoms with Crippen LogP contribution in [-0.2, 0) is 0 Å². The molecule has 13 heavy (non-hydrogen) atoms. The summed E-state index contributed by atoms with van der Waals surface area (Å²) in [5.74, 6) is -0.123. The maximum absolute atomic E-state index is 11.3. The molecule has 1 rings (SSSR count). The second-order valence-electron chi connectivity index (χ2n) is 2.44. The van der Waals surface area contributed by atoms with Gasteiger partial charge in [-0.3, -0.25) is 4.79 Å². The molecule has 6 heteroatoms. The summed E-state index contributed by atoms with van der Waals surface area (Å²) < 4.78 is 4.75. The number of alkyl halides is 1. The Labute approximate surface area is 94.4 Å². The standard InChI is InChI=1S/C7H10IN3OS/c8-3-1-2-4-9-7(12)6-5-13-11-10-6/h5H,1-4H2,(H,9,12). The van der Waals surface area contributed by atoms with E-state index in [1.54, 1.807) is 5.38 Å². The number of hydrogen-bond acceptors (Lipinski definition) is 4. The van der Waals surface area contributed by atoms with E-state index in [9.17, 15) is 4.79 Å². The van der Waals surface area contributed by atoms with E-state index in [0.29, 0.717) is 5.69 Å². The van der Waals surface area contributed by atoms with Crippen LogP contribution in [0.1, 0.15) is 23.3 Å². The largest absolute Gasteiger partial charge is 0.351 e. The van der Waals surface area contributed by atoms with Gasteiger partial charge in [-0.2, -0.15) is 0 Å². The second-order valence-corrected chi connectivity index (χ2v) is 4.13. The number of aromatic nitrogens is 2. The molecule has 0 saturated carbocycles. The van der Waals surface area contributed by atoms with Crippen LogP contribution in [0.5, 0.6) is 0 Å². The highest BCUT2D eigenvalue weighted by molar-refractivity contribution is 14.1. The van der Waals surface area contributed by atoms with Crippen molar-refractivity contribution in [3.63, 3.8) is 0 Å². The van der Waals surface area contributed by atoms with Crippen molar-refractivity contribution in [1.82, 2.24) is 14.9 Å². The Bertz CT molecular complexity index is 252. The normalized spacial score (nSPS) is 9.92. The predicted molar refractivity (Wildman–Crippen MR) is 60.4 cm³/mol. The lowest BCUT2D eigenvalue weighted by molar-refractivity contribution is 0.0948. The number of halogens is 1. The van der Waals surface area contributed by atoms with Gasteiger partial charge >= 0.3 is 0 Å². The summed E-state index contributed by atoms with van der Waals surface area (Å²) in [5.41, 5.74) is 0.416. The smallest absolute Gasteiger partial charge is 0.272 e. The minimum absolute atomic E-state index is 0.123. The molecule has 72 valence electrons. The molecule has 1 aromatic rings. The highest BCUT2D eigenvalue weighted by atomic mass is 127. The average molecular weight is 311 g/mol. The van der Waals surface area contributed by atoms with Crippen LogP contribution in [0.15, 0.2) is 5.38 Å². The van der Waals surface area contributed by atoms with Crippen molar-refractivity contribution in [2.24, 2.45) is 0 Å². The molecule has 0 aliphatic rings. The fourth-order valence-corrected chi connectivity index (χ4v) is 1.75. The Hall–Kier alpha value is -0.240. The van der Waals surface area contributed by atoms with E-state index in [4.69, 9.17) is 0 Å². The summed E-state index contributed by atoms with van der Waals surface area (Å²) in [6, 6.07) is 0. The molecule has 0 bridgehead atoms. The first kappa shape index (κ1) is 10.8. The molecule has 0 aliphatic carbocycles. The molecule has 4 nitrogen and oxygen atoms in total. The first-order valence-electron chi connectivity index (χ1n) is 3.96. The third kappa shape index (κ3) is 3.99. The average Bonchev–Trinajstić information content (AvgIpc) is 2.65. The zero-order chi connectivity index (χ0) is 9.52. The van der Waals surface area contributed by atoms with Crippen LogP contribution in [0, 0.1) is 0 Å². The first-order chi connectivity index (χ1) is 6.34. The zero-order valence-corrected chi connectivity index (χ0v) is 9.97. The number of nitrogens with zero attached hydrogens (tertiary/aromatic N) is 2. The molecule has 0 fully saturated rings. The van der Waals surface area contributed by atoms with Crippen LogP contribution >= 0.6 is 34.1 Å². The lowest BCUT2D eigenvalue weighted by Gasteiger charge is -2.00. The number of rotatable bonds is 5. The van der Waals surface area contributed by atoms with Crippen LogP contribution in [0.3, 0.4) is 0 Å². The quantitative estimate of drug-likeness (QED) is 0.509. The number of unbranched alkanes of at least 4 members (excludes halogenated alkanes) is 1. The number of carbonyl (C=O) groups is 1. The van der Waals surface area contributed by atoms with Crippen molar-refractivity contribution in [2.45, 2.75) is 12.8 Å². The molecular weight excluding hydrogens is 301 g/mol. The highest BCUT2D eigenvalue weighted by Crippen LogP contribution is 1.97. The molecule has 0 radical (unpaired) electrons. The van der Waals surface area contributed by atoms with E-state index in [2.05, 4.69) is 37.5 Å². The number of nitrogens with one attached hydrogen (secondary N) is 1. The van der Waals surface area contributed by atoms with E-state index in [0.717, 1.165) is 23.8 Å². The van der Waals surface area contributed by atoms with E-state index in [1.807, 2.05) is 0 Å². The monoisotopic (exact) mass is 311 g/mol. The van der Waals surface area contributed by atoms with Crippen molar-refractivity contribution in [1.29, 1.82) is 0 Å². The lowest BCUT2D eigenvalue weighted by atomic mass is 10.3. The third-order valence-corrected chi connectivity index (χ3v) is 2.71. The summed E-state index contributed by atoms with van der Waals surface area (Å²) in [6.07, 6.45) is 2.16. The van der Waals surface area contributed by atoms with Crippen molar-refractivity contribution >= 4 is 40.0 Å². The van der Waals surface area contributed by atoms with E-state index < -0.39 is 0 Å². The molecule has 0 aliphatic heterocycles. The van der Waals surface area contributed by atoms with Crippen LogP contribution in [-0.4, -0.2) is 26.5 Å². The third-order valence-electron chi connectivity index (χ3n) is 1.44. The van der Waals surface area contributed by atoms with Crippen molar-refractivity contribution < 1.29 is 4.79 Å². The maximum atomic E-state index is 11.3. The van der Waals surface area contributed by atoms with Gasteiger partial charge in [0.05, 0.1) is 0 Å². The van der Waals surface area contributed by atoms with Gasteiger partial charge in [-0.05, 0) is 28.8 Å². The molecule has 1 amide bonds. The summed E-state index contributed by atoms with van der Waals surface area (Å²) in [4.78, 5) is 11.3. The van der Waals surface area contributed by atoms with Crippen LogP contribution in [0.25, 0.3) is 0 Å². The van der Waals surface area contributed by atoms with E-state index in [1.165, 1.54) is 11.5 Å². The zero-order valence-electron chi connectivity index (χ0n) is 6.99. The molecule has 0 spiro atoms. The van der Waals surface area contributed by atoms with Gasteiger partial charge in [-0.25, -0.2) is 0 Å². The Balaban J connectivity index is 2.19. The molecule has 0 saturated heterocycles. The van der Waals surface area contributed by atoms with Gasteiger partial charge in [0.1, 0.15) is 0 Å². The summed E-state index contributed by atoms with van der Waals surface area (Å²) >= 11 is 3.51. The van der Waals surface area contributed by atoms with Crippen molar-refractivity contribution in [2.75, 3.05) is 11.0 Å². The lowest BCUT2D eigenvalue weighted by Crippen LogP contribution is -2.24. The van der Waals surface area contributed by atoms with Gasteiger partial charge in [0.15, 0.2) is 5.69 Å². The molecule has 1 heterocycles. The Morgan fingerprint density at radius 2 is 2.46 bits per heavy atom. The van der Waals surface area contributed by atoms with E-state index >= 15 is 0 Å². The Kier molecular flexibility index (Phi) is 5.21. The van der Waals surface area contributed by atoms with Crippen molar-refractivity contribution in [3.8, 4) is 0 Å². The van der Waals surface area contributed by atoms with Crippen LogP contribution in [0.4, 0.5) is 0 Å². The number of amides is 1. The second kappa shape index (κ2) is 6.25. The molecule has 1 N–H and O–H groups in total. The molecule has 1 aromatic heterocycles. The van der Waals surface area contributed by atoms with Crippen LogP contribution in [0.2, 0.25) is 0 Å². The van der Waals surface area contributed by atoms with Gasteiger partial charge in [0.2, 0.25) is 0 Å². The van der Waals surface area contributed by atoms with Crippen LogP contribution < -0.4 is 5.32 Å². The topological polar surface area (TPSA) is 54.9 Å². The SMILES string of the molecule is O=C(NCCCCI)c1csnn1. The summed E-state index contributed by atoms with van der Waals surface area (Å²) in [7, 11) is 0. The molecule has 0 atom stereocenters. The highest BCUT2D eigenvalue weighted by Gasteiger charge is 2.06. The van der Waals surface area contributed by atoms with Gasteiger partial charge in [0, 0.05) is 11.9 Å². The van der Waals surface area contributed by atoms with Crippen molar-refractivity contribution in [3.05, 3.63) is 11.1 Å². The van der Waals surface area contributed by atoms with Gasteiger partial charge < -0.3 is 5.32 Å². The first-order valence-corrected chi connectivity index (χ1v) is 6.32. The minimum atomic E-state index is -0.123. The number of hydrogen-bond donors (Lipinski definition) is 1. The van der Waals surface area contributed by atoms with E-state index in [-0.39, 0.29) is 5.91 Å². The molecule has 0 aromatic carbocycles. The fraction of sp³-hybridized carbons (Fsp3) is 0.571. The predicted octanol–water partition coefficient (Wildman–Crippen LogP) is 1.48. The molecular formula is C7H10IN3OS. The number of carbonyl (C=O) groups excluding carboxylic acids is 1. The van der Waals surface area contributed by atoms with Gasteiger partial charge in [-0.1, -0.05) is 27.1 Å². The summed E-state index contributed by atoms with van der Waals surface area (Å²) in [5, 5.41) is 8.10. The summed E-state index contributed by atoms with van der Waals surface area (Å²) in [6.45, 7) is 0.722.